The molecule has 0 aliphatic carbocycles. The van der Waals surface area contributed by atoms with Gasteiger partial charge in [0.2, 0.25) is 0 Å². The third-order valence-electron chi connectivity index (χ3n) is 4.63. The van der Waals surface area contributed by atoms with Crippen molar-refractivity contribution >= 4 is 72.3 Å². The van der Waals surface area contributed by atoms with Crippen LogP contribution in [0.2, 0.25) is 0 Å². The molecule has 2 rings (SSSR count). The number of rotatable bonds is 9. The highest BCUT2D eigenvalue weighted by molar-refractivity contribution is 9.11. The molecule has 0 amide bonds. The van der Waals surface area contributed by atoms with Crippen molar-refractivity contribution in [2.75, 3.05) is 28.4 Å². The van der Waals surface area contributed by atoms with E-state index in [0.717, 1.165) is 28.4 Å². The molecule has 0 fully saturated rings. The molecule has 0 aromatic heterocycles. The largest absolute Gasteiger partial charge is 0.495 e. The Hall–Kier alpha value is -1.76. The molecule has 4 N–H and O–H groups in total. The minimum Gasteiger partial charge on any atom is -0.495 e. The standard InChI is InChI=1S/C16H16Br2O16S4/c1-31-9-5(13(35(19,20)21)11(33-3)7(17)15(9)37(25,26)27)6-10(32-2)16(38(28,29)30)8(18)12(34-4)14(6)36(22,23)24/h1-4H3,(H,19,20,21)(H,22,23,24)(H,25,26,27)(H,28,29,30). The smallest absolute Gasteiger partial charge is 0.299 e. The summed E-state index contributed by atoms with van der Waals surface area (Å²) in [6.45, 7) is 0. The molecule has 0 aliphatic heterocycles. The van der Waals surface area contributed by atoms with Gasteiger partial charge in [-0.05, 0) is 31.9 Å². The summed E-state index contributed by atoms with van der Waals surface area (Å²) < 4.78 is 157. The SMILES string of the molecule is COc1c(-c2c(OC)c(S(=O)(=O)O)c(Br)c(OC)c2S(=O)(=O)O)c(S(=O)(=O)O)c(OC)c(Br)c1S(=O)(=O)O. The number of ether oxygens (including phenoxy) is 4. The fraction of sp³-hybridized carbons (Fsp3) is 0.250. The Morgan fingerprint density at radius 2 is 0.658 bits per heavy atom. The molecular formula is C16H16Br2O16S4. The third-order valence-corrected chi connectivity index (χ3v) is 10.3. The minimum atomic E-state index is -5.61. The van der Waals surface area contributed by atoms with E-state index in [-0.39, 0.29) is 0 Å². The van der Waals surface area contributed by atoms with Gasteiger partial charge < -0.3 is 18.9 Å². The average Bonchev–Trinajstić information content (AvgIpc) is 2.73. The predicted molar refractivity (Wildman–Crippen MR) is 133 cm³/mol. The molecule has 0 heterocycles. The van der Waals surface area contributed by atoms with Crippen LogP contribution in [-0.2, 0) is 40.5 Å². The highest BCUT2D eigenvalue weighted by Gasteiger charge is 2.43. The molecule has 0 aliphatic rings. The van der Waals surface area contributed by atoms with Gasteiger partial charge in [0.05, 0.1) is 48.5 Å². The van der Waals surface area contributed by atoms with Gasteiger partial charge in [-0.25, -0.2) is 0 Å². The van der Waals surface area contributed by atoms with Crippen LogP contribution < -0.4 is 18.9 Å². The highest BCUT2D eigenvalue weighted by Crippen LogP contribution is 2.58. The van der Waals surface area contributed by atoms with E-state index < -0.39 is 103 Å². The van der Waals surface area contributed by atoms with Crippen molar-refractivity contribution in [1.82, 2.24) is 0 Å². The van der Waals surface area contributed by atoms with Crippen LogP contribution >= 0.6 is 31.9 Å². The van der Waals surface area contributed by atoms with Gasteiger partial charge in [0.15, 0.2) is 32.8 Å². The van der Waals surface area contributed by atoms with Crippen LogP contribution in [0.1, 0.15) is 0 Å². The molecule has 214 valence electrons. The van der Waals surface area contributed by atoms with Crippen LogP contribution in [0.3, 0.4) is 0 Å². The summed E-state index contributed by atoms with van der Waals surface area (Å²) in [5.41, 5.74) is -2.63. The van der Waals surface area contributed by atoms with Gasteiger partial charge in [-0.3, -0.25) is 18.2 Å². The Kier molecular flexibility index (Phi) is 9.11. The maximum Gasteiger partial charge on any atom is 0.299 e. The van der Waals surface area contributed by atoms with E-state index in [1.165, 1.54) is 0 Å². The third kappa shape index (κ3) is 5.59. The van der Waals surface area contributed by atoms with Gasteiger partial charge in [0.25, 0.3) is 40.5 Å². The van der Waals surface area contributed by atoms with E-state index in [4.69, 9.17) is 18.9 Å². The molecule has 38 heavy (non-hydrogen) atoms. The lowest BCUT2D eigenvalue weighted by atomic mass is 10.0. The number of halogens is 2. The fourth-order valence-electron chi connectivity index (χ4n) is 3.43. The van der Waals surface area contributed by atoms with Crippen molar-refractivity contribution in [2.24, 2.45) is 0 Å². The summed E-state index contributed by atoms with van der Waals surface area (Å²) in [5.74, 6) is -4.56. The topological polar surface area (TPSA) is 254 Å². The van der Waals surface area contributed by atoms with Crippen LogP contribution in [0.15, 0.2) is 28.5 Å². The normalized spacial score (nSPS) is 12.8. The van der Waals surface area contributed by atoms with E-state index in [1.807, 2.05) is 0 Å². The van der Waals surface area contributed by atoms with Crippen LogP contribution in [-0.4, -0.2) is 80.3 Å². The number of methoxy groups -OCH3 is 4. The Labute approximate surface area is 233 Å². The molecule has 0 radical (unpaired) electrons. The summed E-state index contributed by atoms with van der Waals surface area (Å²) in [6, 6.07) is 0. The van der Waals surface area contributed by atoms with Crippen LogP contribution in [0.5, 0.6) is 23.0 Å². The molecule has 0 saturated carbocycles. The first kappa shape index (κ1) is 32.5. The molecule has 0 spiro atoms. The molecule has 2 aromatic rings. The van der Waals surface area contributed by atoms with Crippen molar-refractivity contribution in [3.8, 4) is 34.1 Å². The van der Waals surface area contributed by atoms with E-state index >= 15 is 0 Å². The Morgan fingerprint density at radius 1 is 0.447 bits per heavy atom. The van der Waals surface area contributed by atoms with Crippen molar-refractivity contribution in [1.29, 1.82) is 0 Å². The average molecular weight is 752 g/mol. The molecular weight excluding hydrogens is 736 g/mol. The first-order valence-corrected chi connectivity index (χ1v) is 16.3. The van der Waals surface area contributed by atoms with E-state index in [0.29, 0.717) is 0 Å². The molecule has 0 unspecified atom stereocenters. The zero-order valence-corrected chi connectivity index (χ0v) is 25.5. The van der Waals surface area contributed by atoms with Crippen LogP contribution in [0.25, 0.3) is 11.1 Å². The lowest BCUT2D eigenvalue weighted by Crippen LogP contribution is -2.16. The zero-order valence-electron chi connectivity index (χ0n) is 19.1. The van der Waals surface area contributed by atoms with Gasteiger partial charge in [0, 0.05) is 0 Å². The Balaban J connectivity index is 3.79. The van der Waals surface area contributed by atoms with Gasteiger partial charge in [-0.2, -0.15) is 33.7 Å². The molecule has 2 aromatic carbocycles. The molecule has 16 nitrogen and oxygen atoms in total. The predicted octanol–water partition coefficient (Wildman–Crippen LogP) is 1.90. The van der Waals surface area contributed by atoms with Crippen molar-refractivity contribution < 1.29 is 70.8 Å². The summed E-state index contributed by atoms with van der Waals surface area (Å²) in [5, 5.41) is 0. The van der Waals surface area contributed by atoms with Crippen molar-refractivity contribution in [3.05, 3.63) is 8.95 Å². The maximum atomic E-state index is 12.6. The summed E-state index contributed by atoms with van der Waals surface area (Å²) in [4.78, 5) is -5.49. The second kappa shape index (κ2) is 10.7. The zero-order chi connectivity index (χ0) is 29.8. The monoisotopic (exact) mass is 750 g/mol. The van der Waals surface area contributed by atoms with E-state index in [2.05, 4.69) is 31.9 Å². The first-order valence-electron chi connectivity index (χ1n) is 8.96. The lowest BCUT2D eigenvalue weighted by Gasteiger charge is -2.25. The Morgan fingerprint density at radius 3 is 0.816 bits per heavy atom. The number of hydrogen-bond acceptors (Lipinski definition) is 12. The highest BCUT2D eigenvalue weighted by atomic mass is 79.9. The number of benzene rings is 2. The number of hydrogen-bond donors (Lipinski definition) is 4. The van der Waals surface area contributed by atoms with E-state index in [1.54, 1.807) is 0 Å². The molecule has 22 heteroatoms. The summed E-state index contributed by atoms with van der Waals surface area (Å²) in [6.07, 6.45) is 0. The first-order chi connectivity index (χ1) is 17.1. The summed E-state index contributed by atoms with van der Waals surface area (Å²) in [7, 11) is -19.1. The van der Waals surface area contributed by atoms with Crippen molar-refractivity contribution in [2.45, 2.75) is 19.6 Å². The van der Waals surface area contributed by atoms with Gasteiger partial charge in [0.1, 0.15) is 9.79 Å². The lowest BCUT2D eigenvalue weighted by molar-refractivity contribution is 0.367. The molecule has 0 saturated heterocycles. The quantitative estimate of drug-likeness (QED) is 0.267. The Bertz CT molecular complexity index is 1630. The fourth-order valence-corrected chi connectivity index (χ4v) is 9.22. The second-order valence-corrected chi connectivity index (χ2v) is 13.7. The summed E-state index contributed by atoms with van der Waals surface area (Å²) >= 11 is 5.42. The van der Waals surface area contributed by atoms with Crippen LogP contribution in [0, 0.1) is 0 Å². The van der Waals surface area contributed by atoms with E-state index in [9.17, 15) is 51.9 Å². The minimum absolute atomic E-state index is 0.722. The maximum absolute atomic E-state index is 12.6. The molecule has 0 atom stereocenters. The second-order valence-electron chi connectivity index (χ2n) is 6.73. The van der Waals surface area contributed by atoms with Gasteiger partial charge in [-0.1, -0.05) is 0 Å². The van der Waals surface area contributed by atoms with Gasteiger partial charge >= 0.3 is 0 Å². The molecule has 0 bridgehead atoms. The van der Waals surface area contributed by atoms with Gasteiger partial charge in [-0.15, -0.1) is 0 Å². The van der Waals surface area contributed by atoms with Crippen molar-refractivity contribution in [3.63, 3.8) is 0 Å². The van der Waals surface area contributed by atoms with Crippen LogP contribution in [0.4, 0.5) is 0 Å².